The Kier molecular flexibility index (Phi) is 4.37. The van der Waals surface area contributed by atoms with E-state index in [4.69, 9.17) is 4.74 Å². The lowest BCUT2D eigenvalue weighted by Gasteiger charge is -2.34. The van der Waals surface area contributed by atoms with Crippen LogP contribution in [0.1, 0.15) is 31.4 Å². The van der Waals surface area contributed by atoms with Gasteiger partial charge in [-0.1, -0.05) is 42.5 Å². The van der Waals surface area contributed by atoms with E-state index in [-0.39, 0.29) is 24.4 Å². The van der Waals surface area contributed by atoms with E-state index in [1.165, 1.54) is 0 Å². The maximum absolute atomic E-state index is 13.1. The van der Waals surface area contributed by atoms with Gasteiger partial charge in [0, 0.05) is 6.54 Å². The van der Waals surface area contributed by atoms with Gasteiger partial charge in [0.15, 0.2) is 6.10 Å². The Bertz CT molecular complexity index is 821. The number of ether oxygens (including phenoxy) is 1. The van der Waals surface area contributed by atoms with E-state index in [1.54, 1.807) is 11.8 Å². The van der Waals surface area contributed by atoms with E-state index in [9.17, 15) is 9.59 Å². The number of fused-ring (bicyclic) bond motifs is 1. The van der Waals surface area contributed by atoms with Gasteiger partial charge < -0.3 is 9.64 Å². The molecule has 5 nitrogen and oxygen atoms in total. The minimum absolute atomic E-state index is 0.0198. The van der Waals surface area contributed by atoms with Gasteiger partial charge in [0.25, 0.3) is 5.91 Å². The molecule has 2 aromatic carbocycles. The normalized spacial score (nSPS) is 22.1. The molecule has 2 aliphatic heterocycles. The van der Waals surface area contributed by atoms with Crippen molar-refractivity contribution in [1.82, 2.24) is 4.90 Å². The number of rotatable bonds is 3. The quantitative estimate of drug-likeness (QED) is 0.854. The second-order valence-corrected chi connectivity index (χ2v) is 6.81. The maximum Gasteiger partial charge on any atom is 0.268 e. The summed E-state index contributed by atoms with van der Waals surface area (Å²) in [7, 11) is 0. The summed E-state index contributed by atoms with van der Waals surface area (Å²) in [4.78, 5) is 29.1. The van der Waals surface area contributed by atoms with Crippen molar-refractivity contribution in [3.05, 3.63) is 60.2 Å². The van der Waals surface area contributed by atoms with E-state index >= 15 is 0 Å². The van der Waals surface area contributed by atoms with Crippen molar-refractivity contribution in [3.8, 4) is 5.75 Å². The summed E-state index contributed by atoms with van der Waals surface area (Å²) >= 11 is 0. The molecule has 0 spiro atoms. The summed E-state index contributed by atoms with van der Waals surface area (Å²) in [6.07, 6.45) is 1.36. The summed E-state index contributed by atoms with van der Waals surface area (Å²) in [6.45, 7) is 2.50. The zero-order chi connectivity index (χ0) is 18.1. The number of carbonyl (C=O) groups is 2. The molecule has 2 heterocycles. The summed E-state index contributed by atoms with van der Waals surface area (Å²) < 4.78 is 5.66. The molecule has 1 fully saturated rings. The Morgan fingerprint density at radius 3 is 2.65 bits per heavy atom. The van der Waals surface area contributed by atoms with Crippen molar-refractivity contribution in [2.45, 2.75) is 31.9 Å². The van der Waals surface area contributed by atoms with Crippen molar-refractivity contribution >= 4 is 17.5 Å². The van der Waals surface area contributed by atoms with Crippen LogP contribution in [0.5, 0.6) is 5.75 Å². The Hall–Kier alpha value is -2.82. The standard InChI is InChI=1S/C21H22N2O3/c1-15-21(25)23(18-10-5-6-12-19(18)26-15)14-20(24)22-13-7-11-17(22)16-8-3-2-4-9-16/h2-6,8-10,12,15,17H,7,11,13-14H2,1H3/t15-,17-/m1/s1. The second-order valence-electron chi connectivity index (χ2n) is 6.81. The predicted molar refractivity (Wildman–Crippen MR) is 99.0 cm³/mol. The van der Waals surface area contributed by atoms with Crippen LogP contribution in [0.15, 0.2) is 54.6 Å². The Balaban J connectivity index is 1.57. The van der Waals surface area contributed by atoms with Crippen LogP contribution >= 0.6 is 0 Å². The first kappa shape index (κ1) is 16.6. The van der Waals surface area contributed by atoms with Crippen LogP contribution in [-0.2, 0) is 9.59 Å². The van der Waals surface area contributed by atoms with Gasteiger partial charge in [-0.15, -0.1) is 0 Å². The topological polar surface area (TPSA) is 49.9 Å². The molecule has 0 aliphatic carbocycles. The molecule has 2 aromatic rings. The average molecular weight is 350 g/mol. The van der Waals surface area contributed by atoms with Gasteiger partial charge in [-0.05, 0) is 37.5 Å². The highest BCUT2D eigenvalue weighted by molar-refractivity contribution is 6.03. The molecule has 2 aliphatic rings. The lowest BCUT2D eigenvalue weighted by Crippen LogP contribution is -2.49. The van der Waals surface area contributed by atoms with E-state index in [2.05, 4.69) is 12.1 Å². The van der Waals surface area contributed by atoms with Crippen LogP contribution in [0.2, 0.25) is 0 Å². The van der Waals surface area contributed by atoms with Crippen LogP contribution in [0, 0.1) is 0 Å². The van der Waals surface area contributed by atoms with Gasteiger partial charge in [0.2, 0.25) is 5.91 Å². The van der Waals surface area contributed by atoms with Crippen molar-refractivity contribution in [1.29, 1.82) is 0 Å². The van der Waals surface area contributed by atoms with Crippen molar-refractivity contribution in [2.75, 3.05) is 18.0 Å². The number of likely N-dealkylation sites (tertiary alicyclic amines) is 1. The monoisotopic (exact) mass is 350 g/mol. The number of hydrogen-bond acceptors (Lipinski definition) is 3. The molecular formula is C21H22N2O3. The number of hydrogen-bond donors (Lipinski definition) is 0. The highest BCUT2D eigenvalue weighted by Crippen LogP contribution is 2.35. The van der Waals surface area contributed by atoms with Crippen LogP contribution in [0.4, 0.5) is 5.69 Å². The van der Waals surface area contributed by atoms with Crippen molar-refractivity contribution in [3.63, 3.8) is 0 Å². The van der Waals surface area contributed by atoms with E-state index in [0.29, 0.717) is 11.4 Å². The number of benzene rings is 2. The number of nitrogens with zero attached hydrogens (tertiary/aromatic N) is 2. The third-order valence-corrected chi connectivity index (χ3v) is 5.12. The zero-order valence-electron chi connectivity index (χ0n) is 14.8. The fraction of sp³-hybridized carbons (Fsp3) is 0.333. The molecule has 26 heavy (non-hydrogen) atoms. The van der Waals surface area contributed by atoms with Gasteiger partial charge in [0.05, 0.1) is 11.7 Å². The molecule has 0 aromatic heterocycles. The molecule has 2 amide bonds. The minimum Gasteiger partial charge on any atom is -0.479 e. The van der Waals surface area contributed by atoms with E-state index in [1.807, 2.05) is 47.4 Å². The van der Waals surface area contributed by atoms with Gasteiger partial charge in [0.1, 0.15) is 12.3 Å². The first-order chi connectivity index (χ1) is 12.6. The average Bonchev–Trinajstić information content (AvgIpc) is 3.16. The van der Waals surface area contributed by atoms with Crippen LogP contribution in [0.3, 0.4) is 0 Å². The molecule has 0 radical (unpaired) electrons. The molecule has 0 bridgehead atoms. The lowest BCUT2D eigenvalue weighted by molar-refractivity contribution is -0.133. The molecular weight excluding hydrogens is 328 g/mol. The molecule has 1 saturated heterocycles. The summed E-state index contributed by atoms with van der Waals surface area (Å²) in [6, 6.07) is 17.6. The van der Waals surface area contributed by atoms with Gasteiger partial charge in [-0.3, -0.25) is 14.5 Å². The van der Waals surface area contributed by atoms with Gasteiger partial charge >= 0.3 is 0 Å². The smallest absolute Gasteiger partial charge is 0.268 e. The summed E-state index contributed by atoms with van der Waals surface area (Å²) in [5.74, 6) is 0.453. The molecule has 0 saturated carbocycles. The maximum atomic E-state index is 13.1. The number of para-hydroxylation sites is 2. The van der Waals surface area contributed by atoms with E-state index < -0.39 is 6.10 Å². The zero-order valence-corrected chi connectivity index (χ0v) is 14.8. The third kappa shape index (κ3) is 2.94. The molecule has 2 atom stereocenters. The highest BCUT2D eigenvalue weighted by atomic mass is 16.5. The molecule has 134 valence electrons. The third-order valence-electron chi connectivity index (χ3n) is 5.12. The predicted octanol–water partition coefficient (Wildman–Crippen LogP) is 3.16. The molecule has 0 N–H and O–H groups in total. The van der Waals surface area contributed by atoms with E-state index in [0.717, 1.165) is 24.9 Å². The van der Waals surface area contributed by atoms with Crippen LogP contribution in [0.25, 0.3) is 0 Å². The van der Waals surface area contributed by atoms with Crippen molar-refractivity contribution in [2.24, 2.45) is 0 Å². The highest BCUT2D eigenvalue weighted by Gasteiger charge is 2.36. The Morgan fingerprint density at radius 2 is 1.85 bits per heavy atom. The number of amides is 2. The molecule has 0 unspecified atom stereocenters. The van der Waals surface area contributed by atoms with Crippen LogP contribution < -0.4 is 9.64 Å². The molecule has 5 heteroatoms. The fourth-order valence-electron chi connectivity index (χ4n) is 3.83. The van der Waals surface area contributed by atoms with Crippen LogP contribution in [-0.4, -0.2) is 35.9 Å². The van der Waals surface area contributed by atoms with Gasteiger partial charge in [-0.25, -0.2) is 0 Å². The first-order valence-electron chi connectivity index (χ1n) is 9.06. The first-order valence-corrected chi connectivity index (χ1v) is 9.06. The Morgan fingerprint density at radius 1 is 1.12 bits per heavy atom. The van der Waals surface area contributed by atoms with Crippen molar-refractivity contribution < 1.29 is 14.3 Å². The summed E-state index contributed by atoms with van der Waals surface area (Å²) in [5, 5.41) is 0. The SMILES string of the molecule is C[C@H]1Oc2ccccc2N(CC(=O)N2CCC[C@@H]2c2ccccc2)C1=O. The number of carbonyl (C=O) groups excluding carboxylic acids is 2. The lowest BCUT2D eigenvalue weighted by atomic mass is 10.0. The second kappa shape index (κ2) is 6.83. The summed E-state index contributed by atoms with van der Waals surface area (Å²) in [5.41, 5.74) is 1.82. The fourth-order valence-corrected chi connectivity index (χ4v) is 3.83. The number of anilines is 1. The minimum atomic E-state index is -0.582. The molecule has 4 rings (SSSR count). The van der Waals surface area contributed by atoms with Gasteiger partial charge in [-0.2, -0.15) is 0 Å². The largest absolute Gasteiger partial charge is 0.479 e. The Labute approximate surface area is 153 Å².